The summed E-state index contributed by atoms with van der Waals surface area (Å²) >= 11 is 7.29. The molecule has 0 atom stereocenters. The van der Waals surface area contributed by atoms with E-state index in [4.69, 9.17) is 0 Å². The Bertz CT molecular complexity index is 2140. The number of allylic oxidation sites excluding steroid dienone is 3. The van der Waals surface area contributed by atoms with Gasteiger partial charge in [-0.3, -0.25) is 0 Å². The quantitative estimate of drug-likeness (QED) is 0.202. The molecule has 2 spiro atoms. The molecule has 0 aliphatic heterocycles. The van der Waals surface area contributed by atoms with Crippen LogP contribution >= 0.6 is 45.3 Å². The summed E-state index contributed by atoms with van der Waals surface area (Å²) in [6, 6.07) is 18.9. The summed E-state index contributed by atoms with van der Waals surface area (Å²) in [5, 5.41) is 37.1. The second kappa shape index (κ2) is 11.3. The molecular weight excluding hydrogens is 641 g/mol. The Morgan fingerprint density at radius 2 is 1.15 bits per heavy atom. The fourth-order valence-corrected chi connectivity index (χ4v) is 13.4. The average Bonchev–Trinajstić information content (AvgIpc) is 3.93. The van der Waals surface area contributed by atoms with Crippen LogP contribution in [0, 0.1) is 45.3 Å². The molecule has 0 N–H and O–H groups in total. The molecule has 0 unspecified atom stereocenters. The number of thiophene rings is 4. The zero-order valence-electron chi connectivity index (χ0n) is 25.1. The van der Waals surface area contributed by atoms with Crippen LogP contribution in [-0.2, 0) is 10.8 Å². The van der Waals surface area contributed by atoms with E-state index in [1.54, 1.807) is 46.0 Å². The summed E-state index contributed by atoms with van der Waals surface area (Å²) in [5.41, 5.74) is 6.60. The van der Waals surface area contributed by atoms with Gasteiger partial charge in [0.05, 0.1) is 0 Å². The minimum atomic E-state index is 0.0202. The SMILES string of the molecule is N#CC(C#N)=Cc1ccc(C2=Cc3sc4c(c3C23CCCCC3)C2(CCCCC2)c2cc(-c3ccc(C=C(C#N)C#N)s3)sc2-4)s1. The highest BCUT2D eigenvalue weighted by Crippen LogP contribution is 2.69. The van der Waals surface area contributed by atoms with Gasteiger partial charge in [0, 0.05) is 49.8 Å². The van der Waals surface area contributed by atoms with Crippen molar-refractivity contribution >= 4 is 69.1 Å². The Hall–Kier alpha value is -4.02. The number of hydrogen-bond donors (Lipinski definition) is 0. The lowest BCUT2D eigenvalue weighted by atomic mass is 9.61. The highest BCUT2D eigenvalue weighted by molar-refractivity contribution is 7.27. The molecule has 8 rings (SSSR count). The molecule has 4 aromatic rings. The molecule has 8 heteroatoms. The zero-order valence-corrected chi connectivity index (χ0v) is 28.4. The van der Waals surface area contributed by atoms with Crippen LogP contribution in [0.3, 0.4) is 0 Å². The Morgan fingerprint density at radius 3 is 1.76 bits per heavy atom. The maximum absolute atomic E-state index is 9.33. The van der Waals surface area contributed by atoms with Crippen molar-refractivity contribution < 1.29 is 0 Å². The molecule has 0 aromatic carbocycles. The van der Waals surface area contributed by atoms with Crippen molar-refractivity contribution in [3.8, 4) is 43.8 Å². The molecular formula is C38H28N4S4. The van der Waals surface area contributed by atoms with Crippen LogP contribution < -0.4 is 0 Å². The van der Waals surface area contributed by atoms with Crippen molar-refractivity contribution in [1.29, 1.82) is 21.0 Å². The second-order valence-electron chi connectivity index (χ2n) is 12.7. The first-order valence-corrected chi connectivity index (χ1v) is 19.1. The van der Waals surface area contributed by atoms with Crippen molar-refractivity contribution in [2.24, 2.45) is 0 Å². The zero-order chi connectivity index (χ0) is 31.5. The summed E-state index contributed by atoms with van der Waals surface area (Å²) in [6.45, 7) is 0. The number of fused-ring (bicyclic) bond motifs is 8. The van der Waals surface area contributed by atoms with Crippen LogP contribution in [0.5, 0.6) is 0 Å². The molecule has 4 aromatic heterocycles. The third-order valence-corrected chi connectivity index (χ3v) is 15.1. The van der Waals surface area contributed by atoms with E-state index in [0.717, 1.165) is 9.75 Å². The van der Waals surface area contributed by atoms with E-state index in [9.17, 15) is 21.0 Å². The first-order valence-electron chi connectivity index (χ1n) is 15.8. The van der Waals surface area contributed by atoms with Gasteiger partial charge in [-0.2, -0.15) is 21.0 Å². The summed E-state index contributed by atoms with van der Waals surface area (Å²) in [6.07, 6.45) is 18.2. The smallest absolute Gasteiger partial charge is 0.131 e. The third-order valence-electron chi connectivity index (χ3n) is 10.4. The normalized spacial score (nSPS) is 18.0. The van der Waals surface area contributed by atoms with E-state index in [2.05, 4.69) is 30.3 Å². The lowest BCUT2D eigenvalue weighted by Gasteiger charge is -2.42. The monoisotopic (exact) mass is 668 g/mol. The average molecular weight is 669 g/mol. The van der Waals surface area contributed by atoms with Gasteiger partial charge < -0.3 is 0 Å². The Morgan fingerprint density at radius 1 is 0.587 bits per heavy atom. The third kappa shape index (κ3) is 4.36. The highest BCUT2D eigenvalue weighted by atomic mass is 32.1. The van der Waals surface area contributed by atoms with Gasteiger partial charge in [0.25, 0.3) is 0 Å². The summed E-state index contributed by atoms with van der Waals surface area (Å²) in [5.74, 6) is 0. The van der Waals surface area contributed by atoms with Crippen molar-refractivity contribution in [2.45, 2.75) is 75.0 Å². The second-order valence-corrected chi connectivity index (χ2v) is 17.0. The molecule has 4 nitrogen and oxygen atoms in total. The lowest BCUT2D eigenvalue weighted by molar-refractivity contribution is 0.334. The van der Waals surface area contributed by atoms with Gasteiger partial charge in [0.15, 0.2) is 0 Å². The lowest BCUT2D eigenvalue weighted by Crippen LogP contribution is -2.34. The van der Waals surface area contributed by atoms with Crippen LogP contribution in [0.4, 0.5) is 0 Å². The minimum absolute atomic E-state index is 0.0202. The van der Waals surface area contributed by atoms with E-state index < -0.39 is 0 Å². The van der Waals surface area contributed by atoms with Gasteiger partial charge in [-0.05, 0) is 96.5 Å². The molecule has 0 amide bonds. The van der Waals surface area contributed by atoms with Crippen molar-refractivity contribution in [2.75, 3.05) is 0 Å². The van der Waals surface area contributed by atoms with E-state index >= 15 is 0 Å². The van der Waals surface area contributed by atoms with Crippen LogP contribution in [0.25, 0.3) is 43.3 Å². The maximum Gasteiger partial charge on any atom is 0.131 e. The molecule has 4 aliphatic carbocycles. The first-order chi connectivity index (χ1) is 22.5. The van der Waals surface area contributed by atoms with Crippen LogP contribution in [-0.4, -0.2) is 0 Å². The predicted molar refractivity (Wildman–Crippen MR) is 190 cm³/mol. The number of rotatable bonds is 4. The van der Waals surface area contributed by atoms with Gasteiger partial charge in [0.2, 0.25) is 0 Å². The highest BCUT2D eigenvalue weighted by Gasteiger charge is 2.55. The molecule has 2 saturated carbocycles. The molecule has 4 aliphatic rings. The van der Waals surface area contributed by atoms with Crippen molar-refractivity contribution in [3.63, 3.8) is 0 Å². The van der Waals surface area contributed by atoms with Crippen LogP contribution in [0.15, 0.2) is 41.5 Å². The Kier molecular flexibility index (Phi) is 7.25. The van der Waals surface area contributed by atoms with E-state index in [1.165, 1.54) is 105 Å². The van der Waals surface area contributed by atoms with Crippen LogP contribution in [0.1, 0.15) is 100 Å². The largest absolute Gasteiger partial charge is 0.192 e. The fraction of sp³-hybridized carbons (Fsp3) is 0.316. The molecule has 0 saturated heterocycles. The Labute approximate surface area is 285 Å². The van der Waals surface area contributed by atoms with Gasteiger partial charge in [0.1, 0.15) is 35.4 Å². The van der Waals surface area contributed by atoms with E-state index in [-0.39, 0.29) is 22.0 Å². The summed E-state index contributed by atoms with van der Waals surface area (Å²) < 4.78 is 0. The number of hydrogen-bond acceptors (Lipinski definition) is 8. The molecule has 46 heavy (non-hydrogen) atoms. The molecule has 0 radical (unpaired) electrons. The Balaban J connectivity index is 1.26. The van der Waals surface area contributed by atoms with Crippen LogP contribution in [0.2, 0.25) is 0 Å². The van der Waals surface area contributed by atoms with Gasteiger partial charge >= 0.3 is 0 Å². The minimum Gasteiger partial charge on any atom is -0.192 e. The maximum atomic E-state index is 9.33. The predicted octanol–water partition coefficient (Wildman–Crippen LogP) is 11.4. The number of nitrogens with zero attached hydrogens (tertiary/aromatic N) is 4. The summed E-state index contributed by atoms with van der Waals surface area (Å²) in [7, 11) is 0. The molecule has 0 bridgehead atoms. The van der Waals surface area contributed by atoms with Crippen molar-refractivity contribution in [1.82, 2.24) is 0 Å². The van der Waals surface area contributed by atoms with Gasteiger partial charge in [-0.15, -0.1) is 45.3 Å². The topological polar surface area (TPSA) is 95.2 Å². The fourth-order valence-electron chi connectivity index (χ4n) is 8.48. The van der Waals surface area contributed by atoms with Crippen molar-refractivity contribution in [3.05, 3.63) is 77.7 Å². The first kappa shape index (κ1) is 29.4. The molecule has 2 fully saturated rings. The van der Waals surface area contributed by atoms with E-state index in [1.807, 2.05) is 53.0 Å². The van der Waals surface area contributed by atoms with E-state index in [0.29, 0.717) is 0 Å². The van der Waals surface area contributed by atoms with Gasteiger partial charge in [-0.1, -0.05) is 38.5 Å². The molecule has 224 valence electrons. The van der Waals surface area contributed by atoms with Gasteiger partial charge in [-0.25, -0.2) is 0 Å². The number of nitriles is 4. The molecule has 4 heterocycles. The standard InChI is InChI=1S/C38H28N4S4/c39-19-23(20-40)15-25-7-9-29(43-25)27-17-32-33(37(27)11-3-1-4-12-37)34-36(46-32)35-28(38(34)13-5-2-6-14-38)18-31(45-35)30-10-8-26(44-30)16-24(21-41)22-42/h7-10,15-18H,1-6,11-14H2. The summed E-state index contributed by atoms with van der Waals surface area (Å²) in [4.78, 5) is 10.0.